The van der Waals surface area contributed by atoms with Gasteiger partial charge in [0, 0.05) is 18.6 Å². The molecule has 1 N–H and O–H groups in total. The highest BCUT2D eigenvalue weighted by Crippen LogP contribution is 2.24. The molecule has 0 heterocycles. The Labute approximate surface area is 112 Å². The van der Waals surface area contributed by atoms with Gasteiger partial charge < -0.3 is 5.11 Å². The van der Waals surface area contributed by atoms with Crippen molar-refractivity contribution >= 4 is 11.5 Å². The third-order valence-corrected chi connectivity index (χ3v) is 3.00. The summed E-state index contributed by atoms with van der Waals surface area (Å²) < 4.78 is 0. The topological polar surface area (TPSA) is 80.4 Å². The van der Waals surface area contributed by atoms with Gasteiger partial charge in [-0.15, -0.1) is 0 Å². The van der Waals surface area contributed by atoms with E-state index in [4.69, 9.17) is 0 Å². The van der Waals surface area contributed by atoms with Gasteiger partial charge in [-0.05, 0) is 12.5 Å². The Hall–Kier alpha value is -1.91. The number of phenolic OH excluding ortho intramolecular Hbond substituents is 1. The molecule has 5 heteroatoms. The maximum absolute atomic E-state index is 11.9. The summed E-state index contributed by atoms with van der Waals surface area (Å²) in [5, 5.41) is 20.2. The van der Waals surface area contributed by atoms with Crippen LogP contribution in [0, 0.1) is 10.1 Å². The third kappa shape index (κ3) is 4.69. The number of hydrogen-bond acceptors (Lipinski definition) is 4. The molecule has 5 nitrogen and oxygen atoms in total. The van der Waals surface area contributed by atoms with Gasteiger partial charge in [0.25, 0.3) is 5.69 Å². The van der Waals surface area contributed by atoms with Crippen molar-refractivity contribution in [3.8, 4) is 5.75 Å². The summed E-state index contributed by atoms with van der Waals surface area (Å²) in [6, 6.07) is 3.53. The normalized spacial score (nSPS) is 10.4. The largest absolute Gasteiger partial charge is 0.507 e. The van der Waals surface area contributed by atoms with E-state index in [1.54, 1.807) is 0 Å². The van der Waals surface area contributed by atoms with Gasteiger partial charge in [0.1, 0.15) is 5.75 Å². The number of nitro groups is 1. The molecule has 0 saturated heterocycles. The van der Waals surface area contributed by atoms with Crippen molar-refractivity contribution in [3.05, 3.63) is 33.9 Å². The van der Waals surface area contributed by atoms with Crippen LogP contribution in [0.15, 0.2) is 18.2 Å². The molecule has 0 fully saturated rings. The van der Waals surface area contributed by atoms with Crippen molar-refractivity contribution in [2.45, 2.75) is 45.4 Å². The highest BCUT2D eigenvalue weighted by atomic mass is 16.6. The number of rotatable bonds is 8. The summed E-state index contributed by atoms with van der Waals surface area (Å²) in [5.74, 6) is -0.429. The number of Topliss-reactive ketones (excluding diaryl/α,β-unsaturated/α-hetero) is 1. The van der Waals surface area contributed by atoms with Gasteiger partial charge in [-0.2, -0.15) is 0 Å². The summed E-state index contributed by atoms with van der Waals surface area (Å²) in [4.78, 5) is 22.0. The second kappa shape index (κ2) is 7.51. The predicted octanol–water partition coefficient (Wildman–Crippen LogP) is 3.84. The molecule has 19 heavy (non-hydrogen) atoms. The Morgan fingerprint density at radius 1 is 1.26 bits per heavy atom. The van der Waals surface area contributed by atoms with Gasteiger partial charge in [-0.25, -0.2) is 0 Å². The smallest absolute Gasteiger partial charge is 0.270 e. The van der Waals surface area contributed by atoms with Crippen LogP contribution in [0.2, 0.25) is 0 Å². The van der Waals surface area contributed by atoms with Gasteiger partial charge >= 0.3 is 0 Å². The molecule has 0 aromatic heterocycles. The van der Waals surface area contributed by atoms with Crippen molar-refractivity contribution in [1.29, 1.82) is 0 Å². The average molecular weight is 265 g/mol. The van der Waals surface area contributed by atoms with Gasteiger partial charge in [0.05, 0.1) is 10.5 Å². The van der Waals surface area contributed by atoms with Crippen molar-refractivity contribution in [2.24, 2.45) is 0 Å². The van der Waals surface area contributed by atoms with Gasteiger partial charge in [0.15, 0.2) is 5.78 Å². The SMILES string of the molecule is CCCCCCCC(=O)c1cc([N+](=O)[O-])ccc1O. The molecule has 1 rings (SSSR count). The zero-order valence-corrected chi connectivity index (χ0v) is 11.1. The lowest BCUT2D eigenvalue weighted by molar-refractivity contribution is -0.384. The van der Waals surface area contributed by atoms with Crippen LogP contribution in [0.4, 0.5) is 5.69 Å². The van der Waals surface area contributed by atoms with Gasteiger partial charge in [-0.1, -0.05) is 32.6 Å². The molecule has 0 spiro atoms. The molecule has 0 amide bonds. The fourth-order valence-corrected chi connectivity index (χ4v) is 1.88. The first-order chi connectivity index (χ1) is 9.06. The van der Waals surface area contributed by atoms with E-state index in [-0.39, 0.29) is 22.8 Å². The lowest BCUT2D eigenvalue weighted by atomic mass is 10.0. The predicted molar refractivity (Wildman–Crippen MR) is 72.5 cm³/mol. The van der Waals surface area contributed by atoms with E-state index in [0.717, 1.165) is 38.2 Å². The highest BCUT2D eigenvalue weighted by molar-refractivity contribution is 5.99. The standard InChI is InChI=1S/C14H19NO4/c1-2-3-4-5-6-7-13(16)12-10-11(15(18)19)8-9-14(12)17/h8-10,17H,2-7H2,1H3. The van der Waals surface area contributed by atoms with E-state index in [1.165, 1.54) is 12.1 Å². The van der Waals surface area contributed by atoms with Crippen LogP contribution >= 0.6 is 0 Å². The minimum atomic E-state index is -0.572. The van der Waals surface area contributed by atoms with Crippen molar-refractivity contribution in [1.82, 2.24) is 0 Å². The number of nitrogens with zero attached hydrogens (tertiary/aromatic N) is 1. The number of nitro benzene ring substituents is 1. The Kier molecular flexibility index (Phi) is 5.99. The lowest BCUT2D eigenvalue weighted by Gasteiger charge is -2.04. The quantitative estimate of drug-likeness (QED) is 0.335. The fraction of sp³-hybridized carbons (Fsp3) is 0.500. The van der Waals surface area contributed by atoms with Crippen molar-refractivity contribution < 1.29 is 14.8 Å². The van der Waals surface area contributed by atoms with Gasteiger partial charge in [0.2, 0.25) is 0 Å². The van der Waals surface area contributed by atoms with E-state index in [0.29, 0.717) is 6.42 Å². The van der Waals surface area contributed by atoms with E-state index < -0.39 is 4.92 Å². The summed E-state index contributed by atoms with van der Waals surface area (Å²) in [6.07, 6.45) is 5.41. The maximum Gasteiger partial charge on any atom is 0.270 e. The van der Waals surface area contributed by atoms with Crippen LogP contribution in [-0.2, 0) is 0 Å². The molecule has 1 aromatic rings. The molecule has 0 unspecified atom stereocenters. The number of hydrogen-bond donors (Lipinski definition) is 1. The number of carbonyl (C=O) groups excluding carboxylic acids is 1. The second-order valence-corrected chi connectivity index (χ2v) is 4.55. The first-order valence-corrected chi connectivity index (χ1v) is 6.57. The van der Waals surface area contributed by atoms with Crippen LogP contribution in [0.3, 0.4) is 0 Å². The summed E-state index contributed by atoms with van der Waals surface area (Å²) in [5.41, 5.74) is -0.128. The molecule has 0 aliphatic carbocycles. The summed E-state index contributed by atoms with van der Waals surface area (Å²) in [7, 11) is 0. The minimum absolute atomic E-state index is 0.0460. The van der Waals surface area contributed by atoms with E-state index in [1.807, 2.05) is 0 Å². The highest BCUT2D eigenvalue weighted by Gasteiger charge is 2.15. The summed E-state index contributed by atoms with van der Waals surface area (Å²) in [6.45, 7) is 2.12. The maximum atomic E-state index is 11.9. The molecule has 1 aromatic carbocycles. The summed E-state index contributed by atoms with van der Waals surface area (Å²) >= 11 is 0. The number of non-ortho nitro benzene ring substituents is 1. The number of ketones is 1. The molecule has 0 radical (unpaired) electrons. The molecular weight excluding hydrogens is 246 g/mol. The van der Waals surface area contributed by atoms with Crippen molar-refractivity contribution in [2.75, 3.05) is 0 Å². The van der Waals surface area contributed by atoms with Crippen LogP contribution in [-0.4, -0.2) is 15.8 Å². The molecule has 0 atom stereocenters. The Balaban J connectivity index is 2.61. The first kappa shape index (κ1) is 15.1. The lowest BCUT2D eigenvalue weighted by Crippen LogP contribution is -2.01. The van der Waals surface area contributed by atoms with Crippen LogP contribution in [0.5, 0.6) is 5.75 Å². The average Bonchev–Trinajstić information content (AvgIpc) is 2.38. The Morgan fingerprint density at radius 3 is 2.58 bits per heavy atom. The molecular formula is C14H19NO4. The Bertz CT molecular complexity index is 457. The zero-order valence-electron chi connectivity index (χ0n) is 11.1. The molecule has 0 bridgehead atoms. The number of unbranched alkanes of at least 4 members (excludes halogenated alkanes) is 4. The molecule has 104 valence electrons. The number of benzene rings is 1. The van der Waals surface area contributed by atoms with Crippen LogP contribution in [0.25, 0.3) is 0 Å². The first-order valence-electron chi connectivity index (χ1n) is 6.57. The van der Waals surface area contributed by atoms with E-state index >= 15 is 0 Å². The fourth-order valence-electron chi connectivity index (χ4n) is 1.88. The molecule has 0 aliphatic rings. The van der Waals surface area contributed by atoms with E-state index in [9.17, 15) is 20.0 Å². The number of aromatic hydroxyl groups is 1. The number of carbonyl (C=O) groups is 1. The minimum Gasteiger partial charge on any atom is -0.507 e. The van der Waals surface area contributed by atoms with E-state index in [2.05, 4.69) is 6.92 Å². The monoisotopic (exact) mass is 265 g/mol. The molecule has 0 saturated carbocycles. The number of phenols is 1. The third-order valence-electron chi connectivity index (χ3n) is 3.00. The van der Waals surface area contributed by atoms with Crippen LogP contribution in [0.1, 0.15) is 55.8 Å². The van der Waals surface area contributed by atoms with Gasteiger partial charge in [-0.3, -0.25) is 14.9 Å². The second-order valence-electron chi connectivity index (χ2n) is 4.55. The van der Waals surface area contributed by atoms with Crippen LogP contribution < -0.4 is 0 Å². The molecule has 0 aliphatic heterocycles. The Morgan fingerprint density at radius 2 is 1.95 bits per heavy atom. The van der Waals surface area contributed by atoms with Crippen molar-refractivity contribution in [3.63, 3.8) is 0 Å². The zero-order chi connectivity index (χ0) is 14.3.